The topological polar surface area (TPSA) is 93.2 Å². The molecular formula is C25H28ClN7O2. The Balaban J connectivity index is 1.23. The molecule has 0 aliphatic carbocycles. The summed E-state index contributed by atoms with van der Waals surface area (Å²) in [6.45, 7) is 8.95. The molecule has 0 bridgehead atoms. The molecule has 4 aromatic rings. The van der Waals surface area contributed by atoms with E-state index in [0.717, 1.165) is 23.6 Å². The molecule has 10 heteroatoms. The Labute approximate surface area is 208 Å². The molecule has 35 heavy (non-hydrogen) atoms. The lowest BCUT2D eigenvalue weighted by Gasteiger charge is -2.33. The number of carbonyl (C=O) groups is 1. The van der Waals surface area contributed by atoms with Gasteiger partial charge < -0.3 is 18.8 Å². The van der Waals surface area contributed by atoms with E-state index in [4.69, 9.17) is 16.0 Å². The maximum Gasteiger partial charge on any atom is 0.300 e. The Morgan fingerprint density at radius 3 is 2.40 bits per heavy atom. The van der Waals surface area contributed by atoms with Crippen molar-refractivity contribution in [2.75, 3.05) is 31.1 Å². The predicted octanol–water partition coefficient (Wildman–Crippen LogP) is 4.22. The summed E-state index contributed by atoms with van der Waals surface area (Å²) in [4.78, 5) is 25.6. The summed E-state index contributed by atoms with van der Waals surface area (Å²) in [5.41, 5.74) is 2.80. The lowest BCUT2D eigenvalue weighted by Crippen LogP contribution is -2.48. The highest BCUT2D eigenvalue weighted by Crippen LogP contribution is 2.25. The zero-order chi connectivity index (χ0) is 24.7. The van der Waals surface area contributed by atoms with Crippen molar-refractivity contribution in [2.24, 2.45) is 12.5 Å². The number of carbonyl (C=O) groups excluding carboxylic acids is 1. The molecule has 0 atom stereocenters. The first-order chi connectivity index (χ1) is 16.7. The van der Waals surface area contributed by atoms with E-state index >= 15 is 0 Å². The summed E-state index contributed by atoms with van der Waals surface area (Å²) in [7, 11) is 1.98. The summed E-state index contributed by atoms with van der Waals surface area (Å²) in [5.74, 6) is 1.75. The molecule has 0 radical (unpaired) electrons. The number of pyridine rings is 1. The van der Waals surface area contributed by atoms with Crippen molar-refractivity contribution in [3.8, 4) is 11.4 Å². The first-order valence-corrected chi connectivity index (χ1v) is 12.0. The van der Waals surface area contributed by atoms with Gasteiger partial charge in [-0.05, 0) is 29.7 Å². The second-order valence-electron chi connectivity index (χ2n) is 10.0. The van der Waals surface area contributed by atoms with Gasteiger partial charge in [-0.2, -0.15) is 4.98 Å². The maximum atomic E-state index is 13.1. The van der Waals surface area contributed by atoms with Gasteiger partial charge in [-0.25, -0.2) is 4.98 Å². The molecule has 9 nitrogen and oxygen atoms in total. The number of piperazine rings is 1. The second-order valence-corrected chi connectivity index (χ2v) is 10.4. The lowest BCUT2D eigenvalue weighted by molar-refractivity contribution is 0.0745. The molecule has 4 heterocycles. The number of aromatic nitrogens is 5. The first kappa shape index (κ1) is 23.3. The van der Waals surface area contributed by atoms with Crippen LogP contribution >= 0.6 is 11.6 Å². The van der Waals surface area contributed by atoms with Gasteiger partial charge in [0.15, 0.2) is 11.4 Å². The van der Waals surface area contributed by atoms with E-state index in [1.165, 1.54) is 0 Å². The highest BCUT2D eigenvalue weighted by atomic mass is 35.5. The Bertz CT molecular complexity index is 1360. The summed E-state index contributed by atoms with van der Waals surface area (Å²) >= 11 is 5.94. The van der Waals surface area contributed by atoms with Gasteiger partial charge in [0.05, 0.1) is 0 Å². The first-order valence-electron chi connectivity index (χ1n) is 11.6. The van der Waals surface area contributed by atoms with Crippen molar-refractivity contribution in [2.45, 2.75) is 27.2 Å². The van der Waals surface area contributed by atoms with Crippen LogP contribution in [0.3, 0.4) is 0 Å². The van der Waals surface area contributed by atoms with Gasteiger partial charge >= 0.3 is 0 Å². The SMILES string of the molecule is Cn1c(CC(C)(C)C)nnc1-c1ccc(C(=O)N2CCN(c3nc4nc(Cl)ccc4o3)CC2)cc1. The van der Waals surface area contributed by atoms with Crippen LogP contribution in [0.2, 0.25) is 5.15 Å². The van der Waals surface area contributed by atoms with Crippen molar-refractivity contribution in [1.29, 1.82) is 0 Å². The van der Waals surface area contributed by atoms with Crippen molar-refractivity contribution >= 4 is 34.8 Å². The van der Waals surface area contributed by atoms with Gasteiger partial charge in [-0.3, -0.25) is 4.79 Å². The summed E-state index contributed by atoms with van der Waals surface area (Å²) < 4.78 is 7.84. The van der Waals surface area contributed by atoms with Gasteiger partial charge in [-0.1, -0.05) is 44.5 Å². The third-order valence-electron chi connectivity index (χ3n) is 6.09. The molecule has 1 fully saturated rings. The van der Waals surface area contributed by atoms with Crippen LogP contribution in [-0.2, 0) is 13.5 Å². The number of anilines is 1. The third kappa shape index (κ3) is 4.86. The van der Waals surface area contributed by atoms with Crippen LogP contribution in [0.15, 0.2) is 40.8 Å². The van der Waals surface area contributed by atoms with Crippen molar-refractivity contribution in [3.63, 3.8) is 0 Å². The standard InChI is InChI=1S/C25H28ClN7O2/c1-25(2,3)15-20-29-30-22(31(20)4)16-5-7-17(8-6-16)23(34)32-11-13-33(14-12-32)24-28-21-18(35-24)9-10-19(26)27-21/h5-10H,11-15H2,1-4H3. The van der Waals surface area contributed by atoms with Crippen molar-refractivity contribution in [3.05, 3.63) is 52.9 Å². The Morgan fingerprint density at radius 2 is 1.71 bits per heavy atom. The molecule has 1 aliphatic heterocycles. The average molecular weight is 494 g/mol. The molecule has 1 aliphatic rings. The number of hydrogen-bond donors (Lipinski definition) is 0. The van der Waals surface area contributed by atoms with E-state index in [1.54, 1.807) is 12.1 Å². The van der Waals surface area contributed by atoms with Gasteiger partial charge in [0, 0.05) is 50.8 Å². The largest absolute Gasteiger partial charge is 0.422 e. The van der Waals surface area contributed by atoms with Gasteiger partial charge in [-0.15, -0.1) is 10.2 Å². The van der Waals surface area contributed by atoms with Gasteiger partial charge in [0.2, 0.25) is 5.65 Å². The normalized spacial score (nSPS) is 14.7. The number of nitrogens with zero attached hydrogens (tertiary/aromatic N) is 7. The number of hydrogen-bond acceptors (Lipinski definition) is 7. The monoisotopic (exact) mass is 493 g/mol. The fraction of sp³-hybridized carbons (Fsp3) is 0.400. The molecule has 5 rings (SSSR count). The fourth-order valence-electron chi connectivity index (χ4n) is 4.21. The molecule has 0 saturated carbocycles. The minimum Gasteiger partial charge on any atom is -0.422 e. The molecule has 0 spiro atoms. The van der Waals surface area contributed by atoms with Gasteiger partial charge in [0.25, 0.3) is 11.9 Å². The summed E-state index contributed by atoms with van der Waals surface area (Å²) in [5, 5.41) is 9.12. The lowest BCUT2D eigenvalue weighted by atomic mass is 9.92. The van der Waals surface area contributed by atoms with E-state index in [2.05, 4.69) is 40.9 Å². The number of amides is 1. The summed E-state index contributed by atoms with van der Waals surface area (Å²) in [6, 6.07) is 11.5. The van der Waals surface area contributed by atoms with Crippen LogP contribution in [0.5, 0.6) is 0 Å². The van der Waals surface area contributed by atoms with Crippen LogP contribution in [0.1, 0.15) is 37.0 Å². The average Bonchev–Trinajstić information content (AvgIpc) is 3.41. The molecule has 1 aromatic carbocycles. The van der Waals surface area contributed by atoms with Crippen LogP contribution in [0, 0.1) is 5.41 Å². The van der Waals surface area contributed by atoms with E-state index < -0.39 is 0 Å². The van der Waals surface area contributed by atoms with Crippen molar-refractivity contribution < 1.29 is 9.21 Å². The van der Waals surface area contributed by atoms with E-state index in [9.17, 15) is 4.79 Å². The number of oxazole rings is 1. The van der Waals surface area contributed by atoms with Crippen LogP contribution in [0.25, 0.3) is 22.6 Å². The van der Waals surface area contributed by atoms with Crippen LogP contribution in [0.4, 0.5) is 6.01 Å². The minimum atomic E-state index is 0.00796. The molecule has 0 N–H and O–H groups in total. The fourth-order valence-corrected chi connectivity index (χ4v) is 4.35. The Hall–Kier alpha value is -3.46. The second kappa shape index (κ2) is 8.96. The molecule has 182 valence electrons. The number of benzene rings is 1. The molecule has 3 aromatic heterocycles. The van der Waals surface area contributed by atoms with Crippen LogP contribution in [-0.4, -0.2) is 61.7 Å². The minimum absolute atomic E-state index is 0.00796. The van der Waals surface area contributed by atoms with Gasteiger partial charge in [0.1, 0.15) is 11.0 Å². The highest BCUT2D eigenvalue weighted by molar-refractivity contribution is 6.29. The maximum absolute atomic E-state index is 13.1. The number of fused-ring (bicyclic) bond motifs is 1. The third-order valence-corrected chi connectivity index (χ3v) is 6.30. The number of halogens is 1. The van der Waals surface area contributed by atoms with E-state index in [-0.39, 0.29) is 11.3 Å². The van der Waals surface area contributed by atoms with Crippen molar-refractivity contribution in [1.82, 2.24) is 29.6 Å². The van der Waals surface area contributed by atoms with Crippen LogP contribution < -0.4 is 4.90 Å². The Kier molecular flexibility index (Phi) is 5.96. The predicted molar refractivity (Wildman–Crippen MR) is 135 cm³/mol. The van der Waals surface area contributed by atoms with E-state index in [1.807, 2.05) is 45.7 Å². The van der Waals surface area contributed by atoms with E-state index in [0.29, 0.717) is 54.1 Å². The summed E-state index contributed by atoms with van der Waals surface area (Å²) in [6.07, 6.45) is 0.840. The number of rotatable bonds is 4. The zero-order valence-corrected chi connectivity index (χ0v) is 21.1. The molecule has 0 unspecified atom stereocenters. The zero-order valence-electron chi connectivity index (χ0n) is 20.3. The Morgan fingerprint density at radius 1 is 1.00 bits per heavy atom. The molecule has 1 amide bonds. The smallest absolute Gasteiger partial charge is 0.300 e. The highest BCUT2D eigenvalue weighted by Gasteiger charge is 2.25. The molecule has 1 saturated heterocycles. The molecular weight excluding hydrogens is 466 g/mol. The quantitative estimate of drug-likeness (QED) is 0.393.